The highest BCUT2D eigenvalue weighted by Crippen LogP contribution is 2.62. The number of amides is 1. The van der Waals surface area contributed by atoms with Crippen molar-refractivity contribution in [3.05, 3.63) is 124 Å². The van der Waals surface area contributed by atoms with Gasteiger partial charge in [0.05, 0.1) is 23.2 Å². The van der Waals surface area contributed by atoms with Gasteiger partial charge in [0.1, 0.15) is 36.6 Å². The van der Waals surface area contributed by atoms with Crippen LogP contribution in [-0.4, -0.2) is 70.4 Å². The lowest BCUT2D eigenvalue weighted by Gasteiger charge is -2.59. The Hall–Kier alpha value is -5.11. The fourth-order valence-electron chi connectivity index (χ4n) is 10.4. The summed E-state index contributed by atoms with van der Waals surface area (Å²) in [5.41, 5.74) is 3.57. The molecule has 6 unspecified atom stereocenters. The largest absolute Gasteiger partial charge is 0.489 e. The summed E-state index contributed by atoms with van der Waals surface area (Å²) in [4.78, 5) is 33.3. The van der Waals surface area contributed by atoms with Crippen LogP contribution in [-0.2, 0) is 27.6 Å². The number of nitrogens with zero attached hydrogens (tertiary/aromatic N) is 3. The molecule has 67 heavy (non-hydrogen) atoms. The van der Waals surface area contributed by atoms with Gasteiger partial charge in [-0.3, -0.25) is 14.9 Å². The number of aliphatic hydroxyl groups excluding tert-OH is 2. The second-order valence-electron chi connectivity index (χ2n) is 18.4. The molecule has 2 aliphatic carbocycles. The Bertz CT molecular complexity index is 2130. The van der Waals surface area contributed by atoms with Gasteiger partial charge in [0, 0.05) is 62.3 Å². The fraction of sp³-hybridized carbons (Fsp3) is 0.556. The molecular formula is C54H72FN3O9. The van der Waals surface area contributed by atoms with Gasteiger partial charge in [-0.25, -0.2) is 4.39 Å². The van der Waals surface area contributed by atoms with Crippen LogP contribution >= 0.6 is 0 Å². The zero-order chi connectivity index (χ0) is 47.6. The summed E-state index contributed by atoms with van der Waals surface area (Å²) < 4.78 is 35.4. The molecule has 0 radical (unpaired) electrons. The molecule has 3 aliphatic rings. The molecule has 1 amide bonds. The Morgan fingerprint density at radius 1 is 0.940 bits per heavy atom. The summed E-state index contributed by atoms with van der Waals surface area (Å²) in [6.45, 7) is 6.62. The minimum absolute atomic E-state index is 0.0131. The molecule has 0 saturated heterocycles. The lowest BCUT2D eigenvalue weighted by atomic mass is 9.55. The maximum absolute atomic E-state index is 14.8. The number of aliphatic hydroxyl groups is 2. The van der Waals surface area contributed by atoms with E-state index in [1.165, 1.54) is 50.3 Å². The first-order chi connectivity index (χ1) is 32.6. The lowest BCUT2D eigenvalue weighted by molar-refractivity contribution is -0.384. The van der Waals surface area contributed by atoms with Crippen LogP contribution in [0.5, 0.6) is 11.5 Å². The number of carbonyl (C=O) groups excluding carboxylic acids is 1. The molecule has 13 heteroatoms. The zero-order valence-electron chi connectivity index (χ0n) is 39.6. The topological polar surface area (TPSA) is 153 Å². The first-order valence-corrected chi connectivity index (χ1v) is 24.7. The number of non-ortho nitro benzene ring substituents is 1. The van der Waals surface area contributed by atoms with E-state index in [1.54, 1.807) is 41.3 Å². The summed E-state index contributed by atoms with van der Waals surface area (Å²) >= 11 is 0. The zero-order valence-corrected chi connectivity index (χ0v) is 39.6. The number of ether oxygens (including phenoxy) is 3. The molecule has 364 valence electrons. The Morgan fingerprint density at radius 3 is 2.33 bits per heavy atom. The number of benzene rings is 3. The highest BCUT2D eigenvalue weighted by Gasteiger charge is 2.65. The van der Waals surface area contributed by atoms with Crippen molar-refractivity contribution in [2.45, 2.75) is 147 Å². The van der Waals surface area contributed by atoms with Crippen molar-refractivity contribution >= 4 is 17.3 Å². The molecule has 0 aromatic heterocycles. The van der Waals surface area contributed by atoms with Crippen molar-refractivity contribution < 1.29 is 43.4 Å². The van der Waals surface area contributed by atoms with Crippen molar-refractivity contribution in [3.8, 4) is 11.5 Å². The smallest absolute Gasteiger partial charge is 0.269 e. The normalized spacial score (nSPS) is 22.3. The van der Waals surface area contributed by atoms with Gasteiger partial charge in [-0.05, 0) is 91.5 Å². The molecule has 1 fully saturated rings. The van der Waals surface area contributed by atoms with Gasteiger partial charge in [-0.1, -0.05) is 107 Å². The van der Waals surface area contributed by atoms with Gasteiger partial charge in [0.15, 0.2) is 0 Å². The van der Waals surface area contributed by atoms with Crippen molar-refractivity contribution in [2.75, 3.05) is 26.9 Å². The number of oxime groups is 1. The van der Waals surface area contributed by atoms with Crippen molar-refractivity contribution in [3.63, 3.8) is 0 Å². The Morgan fingerprint density at radius 2 is 1.64 bits per heavy atom. The van der Waals surface area contributed by atoms with E-state index in [2.05, 4.69) is 19.6 Å². The minimum atomic E-state index is -1.39. The standard InChI is InChI=1S/C54H72FN3O9/c1-4-6-7-8-9-10-11-12-13-24-51(61)57(3)50-36-48(56-66-37-39-25-27-42(28-26-39)58(62)63)45-34-40(20-16-18-31-59)44(22-17-19-32-60)52-46-35-43(64-38-41-21-14-15-23-47(41)55)29-30-49(46)67-54(50,53(45)52)65-33-5-2/h5,14-15,21,23,25-30,34-35,40,44,50,52-53,59-60H,2,4,6-13,16-20,22,24,31-33,36-38H2,1,3H3. The number of carbonyl (C=O) groups is 1. The van der Waals surface area contributed by atoms with Crippen LogP contribution in [0.15, 0.2) is 96.2 Å². The first-order valence-electron chi connectivity index (χ1n) is 24.7. The average Bonchev–Trinajstić information content (AvgIpc) is 3.33. The van der Waals surface area contributed by atoms with Crippen molar-refractivity contribution in [1.29, 1.82) is 0 Å². The van der Waals surface area contributed by atoms with Crippen LogP contribution < -0.4 is 9.47 Å². The summed E-state index contributed by atoms with van der Waals surface area (Å²) in [6, 6.07) is 17.8. The lowest BCUT2D eigenvalue weighted by Crippen LogP contribution is -2.69. The molecule has 0 spiro atoms. The van der Waals surface area contributed by atoms with Gasteiger partial charge in [0.25, 0.3) is 5.69 Å². The van der Waals surface area contributed by atoms with Gasteiger partial charge in [-0.2, -0.15) is 0 Å². The molecule has 6 rings (SSSR count). The summed E-state index contributed by atoms with van der Waals surface area (Å²) in [7, 11) is 1.83. The van der Waals surface area contributed by atoms with Crippen LogP contribution in [0, 0.1) is 33.7 Å². The molecular weight excluding hydrogens is 854 g/mol. The summed E-state index contributed by atoms with van der Waals surface area (Å²) in [5, 5.41) is 36.1. The summed E-state index contributed by atoms with van der Waals surface area (Å²) in [5.74, 6) is -1.33. The van der Waals surface area contributed by atoms with E-state index in [9.17, 15) is 29.5 Å². The highest BCUT2D eigenvalue weighted by molar-refractivity contribution is 6.03. The van der Waals surface area contributed by atoms with Gasteiger partial charge < -0.3 is 34.2 Å². The van der Waals surface area contributed by atoms with Crippen LogP contribution in [0.1, 0.15) is 139 Å². The molecule has 0 bridgehead atoms. The van der Waals surface area contributed by atoms with Crippen molar-refractivity contribution in [1.82, 2.24) is 4.90 Å². The molecule has 1 heterocycles. The van der Waals surface area contributed by atoms with Crippen molar-refractivity contribution in [2.24, 2.45) is 22.9 Å². The SMILES string of the molecule is C=CCOC12Oc3ccc(OCc4ccccc4F)cc3C3C(CCCCO)C(CCCCO)C=C(C(=NOCc4ccc([N+](=O)[O-])cc4)CC1N(C)C(=O)CCCCCCCCCCC)C32. The number of nitro groups is 1. The van der Waals surface area contributed by atoms with E-state index in [1.807, 2.05) is 25.2 Å². The monoisotopic (exact) mass is 926 g/mol. The average molecular weight is 926 g/mol. The molecule has 2 N–H and O–H groups in total. The molecule has 6 atom stereocenters. The van der Waals surface area contributed by atoms with Gasteiger partial charge in [-0.15, -0.1) is 6.58 Å². The maximum atomic E-state index is 14.8. The van der Waals surface area contributed by atoms with E-state index in [4.69, 9.17) is 24.2 Å². The number of hydrogen-bond donors (Lipinski definition) is 2. The van der Waals surface area contributed by atoms with E-state index in [0.29, 0.717) is 47.6 Å². The minimum Gasteiger partial charge on any atom is -0.489 e. The third-order valence-electron chi connectivity index (χ3n) is 13.9. The molecule has 3 aromatic carbocycles. The first kappa shape index (κ1) is 51.3. The van der Waals surface area contributed by atoms with E-state index in [-0.39, 0.29) is 74.6 Å². The predicted molar refractivity (Wildman–Crippen MR) is 258 cm³/mol. The molecule has 1 saturated carbocycles. The Kier molecular flexibility index (Phi) is 19.8. The van der Waals surface area contributed by atoms with Gasteiger partial charge >= 0.3 is 0 Å². The number of halogens is 1. The van der Waals surface area contributed by atoms with Gasteiger partial charge in [0.2, 0.25) is 11.7 Å². The second kappa shape index (κ2) is 25.9. The van der Waals surface area contributed by atoms with Crippen LogP contribution in [0.3, 0.4) is 0 Å². The number of allylic oxidation sites excluding steroid dienone is 1. The van der Waals surface area contributed by atoms with Crippen LogP contribution in [0.2, 0.25) is 0 Å². The number of unbranched alkanes of at least 4 members (excludes halogenated alkanes) is 10. The number of rotatable bonds is 29. The number of nitro benzene ring substituents is 1. The molecule has 3 aromatic rings. The maximum Gasteiger partial charge on any atom is 0.269 e. The Labute approximate surface area is 396 Å². The molecule has 1 aliphatic heterocycles. The Balaban J connectivity index is 1.43. The van der Waals surface area contributed by atoms with Crippen LogP contribution in [0.4, 0.5) is 10.1 Å². The number of hydrogen-bond acceptors (Lipinski definition) is 10. The second-order valence-corrected chi connectivity index (χ2v) is 18.4. The molecule has 12 nitrogen and oxygen atoms in total. The van der Waals surface area contributed by atoms with Crippen LogP contribution in [0.25, 0.3) is 0 Å². The highest BCUT2D eigenvalue weighted by atomic mass is 19.1. The predicted octanol–water partition coefficient (Wildman–Crippen LogP) is 11.5. The van der Waals surface area contributed by atoms with E-state index < -0.39 is 22.7 Å². The number of fused-ring (bicyclic) bond motifs is 2. The third kappa shape index (κ3) is 13.1. The van der Waals surface area contributed by atoms with E-state index in [0.717, 1.165) is 62.5 Å². The fourth-order valence-corrected chi connectivity index (χ4v) is 10.4. The quantitative estimate of drug-likeness (QED) is 0.0300. The summed E-state index contributed by atoms with van der Waals surface area (Å²) in [6.07, 6.45) is 19.2. The number of likely N-dealkylation sites (N-methyl/N-ethyl adjacent to an activating group) is 1. The third-order valence-corrected chi connectivity index (χ3v) is 13.9. The van der Waals surface area contributed by atoms with E-state index >= 15 is 0 Å².